The summed E-state index contributed by atoms with van der Waals surface area (Å²) in [5, 5.41) is 22.4. The van der Waals surface area contributed by atoms with E-state index in [0.29, 0.717) is 23.2 Å². The molecule has 0 heterocycles. The maximum atomic E-state index is 12.0. The van der Waals surface area contributed by atoms with Crippen molar-refractivity contribution in [2.75, 3.05) is 0 Å². The summed E-state index contributed by atoms with van der Waals surface area (Å²) in [5.74, 6) is 4.06. The Morgan fingerprint density at radius 2 is 1.74 bits per heavy atom. The van der Waals surface area contributed by atoms with Crippen molar-refractivity contribution in [2.24, 2.45) is 46.3 Å². The normalized spacial score (nSPS) is 48.0. The minimum atomic E-state index is -0.682. The number of aliphatic hydroxyl groups excluding tert-OH is 1. The molecule has 2 heteroatoms. The summed E-state index contributed by atoms with van der Waals surface area (Å²) in [6.07, 6.45) is 15.0. The maximum absolute atomic E-state index is 12.0. The van der Waals surface area contributed by atoms with Crippen LogP contribution in [0.4, 0.5) is 0 Å². The van der Waals surface area contributed by atoms with Crippen LogP contribution in [0.3, 0.4) is 0 Å². The summed E-state index contributed by atoms with van der Waals surface area (Å²) in [6.45, 7) is 14.5. The third-order valence-corrected chi connectivity index (χ3v) is 11.0. The van der Waals surface area contributed by atoms with E-state index in [1.54, 1.807) is 0 Å². The van der Waals surface area contributed by atoms with E-state index in [4.69, 9.17) is 0 Å². The van der Waals surface area contributed by atoms with Crippen molar-refractivity contribution in [3.63, 3.8) is 0 Å². The molecule has 178 valence electrons. The number of fused-ring (bicyclic) bond motifs is 5. The first-order valence-corrected chi connectivity index (χ1v) is 13.7. The zero-order valence-electron chi connectivity index (χ0n) is 21.3. The summed E-state index contributed by atoms with van der Waals surface area (Å²) in [5.41, 5.74) is 1.26. The van der Waals surface area contributed by atoms with E-state index in [9.17, 15) is 10.2 Å². The SMILES string of the molecule is CCC1(O)C=C2C[C@@H](O)CC[C@]2(C)[C@H]2CC[C@]3(C)[C@@H](C(C)CCCC(C)C)CC[C@H]3[C@@H]21. The number of rotatable bonds is 6. The van der Waals surface area contributed by atoms with Gasteiger partial charge in [0, 0.05) is 0 Å². The summed E-state index contributed by atoms with van der Waals surface area (Å²) < 4.78 is 0. The Morgan fingerprint density at radius 3 is 2.42 bits per heavy atom. The first kappa shape index (κ1) is 23.8. The molecule has 31 heavy (non-hydrogen) atoms. The molecular weight excluding hydrogens is 380 g/mol. The Morgan fingerprint density at radius 1 is 1.00 bits per heavy atom. The molecule has 2 N–H and O–H groups in total. The Labute approximate surface area is 192 Å². The molecule has 0 bridgehead atoms. The molecule has 0 spiro atoms. The number of aliphatic hydroxyl groups is 2. The fraction of sp³-hybridized carbons (Fsp3) is 0.931. The fourth-order valence-corrected chi connectivity index (χ4v) is 9.18. The molecule has 0 amide bonds. The Bertz CT molecular complexity index is 682. The summed E-state index contributed by atoms with van der Waals surface area (Å²) >= 11 is 0. The van der Waals surface area contributed by atoms with Crippen LogP contribution in [-0.4, -0.2) is 21.9 Å². The Kier molecular flexibility index (Phi) is 6.50. The fourth-order valence-electron chi connectivity index (χ4n) is 9.18. The van der Waals surface area contributed by atoms with Crippen molar-refractivity contribution in [1.29, 1.82) is 0 Å². The molecule has 2 unspecified atom stereocenters. The van der Waals surface area contributed by atoms with Crippen LogP contribution in [0.2, 0.25) is 0 Å². The molecule has 9 atom stereocenters. The van der Waals surface area contributed by atoms with Crippen LogP contribution < -0.4 is 0 Å². The average molecular weight is 431 g/mol. The minimum absolute atomic E-state index is 0.188. The highest BCUT2D eigenvalue weighted by atomic mass is 16.3. The lowest BCUT2D eigenvalue weighted by atomic mass is 9.43. The average Bonchev–Trinajstić information content (AvgIpc) is 3.06. The van der Waals surface area contributed by atoms with Gasteiger partial charge in [0.15, 0.2) is 0 Å². The summed E-state index contributed by atoms with van der Waals surface area (Å²) in [4.78, 5) is 0. The molecule has 4 aliphatic carbocycles. The van der Waals surface area contributed by atoms with Crippen LogP contribution in [0.1, 0.15) is 112 Å². The largest absolute Gasteiger partial charge is 0.393 e. The lowest BCUT2D eigenvalue weighted by Crippen LogP contribution is -2.59. The number of hydrogen-bond donors (Lipinski definition) is 2. The first-order valence-electron chi connectivity index (χ1n) is 13.7. The lowest BCUT2D eigenvalue weighted by Gasteiger charge is -2.62. The van der Waals surface area contributed by atoms with Gasteiger partial charge in [-0.1, -0.05) is 72.5 Å². The third kappa shape index (κ3) is 3.86. The van der Waals surface area contributed by atoms with E-state index < -0.39 is 5.60 Å². The molecular formula is C29H50O2. The predicted octanol–water partition coefficient (Wildman–Crippen LogP) is 7.14. The van der Waals surface area contributed by atoms with E-state index >= 15 is 0 Å². The Balaban J connectivity index is 1.61. The second kappa shape index (κ2) is 8.46. The zero-order valence-corrected chi connectivity index (χ0v) is 21.3. The van der Waals surface area contributed by atoms with Crippen molar-refractivity contribution >= 4 is 0 Å². The van der Waals surface area contributed by atoms with Crippen LogP contribution in [0.25, 0.3) is 0 Å². The van der Waals surface area contributed by atoms with E-state index in [0.717, 1.165) is 43.4 Å². The van der Waals surface area contributed by atoms with Crippen LogP contribution in [0.15, 0.2) is 11.6 Å². The molecule has 2 nitrogen and oxygen atoms in total. The standard InChI is InChI=1S/C29H50O2/c1-7-29(31)18-21-17-22(30)13-15-27(21,5)25-14-16-28(6)23(11-12-24(28)26(25)29)20(4)10-8-9-19(2)3/h18-20,22-26,30-31H,7-17H2,1-6H3/t20?,22-,23+,24-,25-,26-,27-,28+,29?/m0/s1. The summed E-state index contributed by atoms with van der Waals surface area (Å²) in [6, 6.07) is 0. The highest BCUT2D eigenvalue weighted by Crippen LogP contribution is 2.69. The van der Waals surface area contributed by atoms with E-state index in [2.05, 4.69) is 47.6 Å². The van der Waals surface area contributed by atoms with Crippen LogP contribution in [-0.2, 0) is 0 Å². The molecule has 4 aliphatic rings. The van der Waals surface area contributed by atoms with Gasteiger partial charge in [-0.3, -0.25) is 0 Å². The molecule has 0 aromatic rings. The molecule has 4 rings (SSSR count). The second-order valence-electron chi connectivity index (χ2n) is 13.1. The molecule has 0 saturated heterocycles. The second-order valence-corrected chi connectivity index (χ2v) is 13.1. The maximum Gasteiger partial charge on any atom is 0.0861 e. The quantitative estimate of drug-likeness (QED) is 0.440. The van der Waals surface area contributed by atoms with Crippen molar-refractivity contribution < 1.29 is 10.2 Å². The molecule has 3 fully saturated rings. The molecule has 0 aromatic carbocycles. The molecule has 0 aliphatic heterocycles. The van der Waals surface area contributed by atoms with E-state index in [1.807, 2.05) is 0 Å². The van der Waals surface area contributed by atoms with Gasteiger partial charge >= 0.3 is 0 Å². The van der Waals surface area contributed by atoms with Crippen LogP contribution in [0, 0.1) is 46.3 Å². The highest BCUT2D eigenvalue weighted by Gasteiger charge is 2.64. The van der Waals surface area contributed by atoms with Gasteiger partial charge in [0.05, 0.1) is 11.7 Å². The van der Waals surface area contributed by atoms with Gasteiger partial charge < -0.3 is 10.2 Å². The lowest BCUT2D eigenvalue weighted by molar-refractivity contribution is -0.141. The van der Waals surface area contributed by atoms with E-state index in [1.165, 1.54) is 50.5 Å². The molecule has 3 saturated carbocycles. The third-order valence-electron chi connectivity index (χ3n) is 11.0. The van der Waals surface area contributed by atoms with Gasteiger partial charge in [-0.15, -0.1) is 0 Å². The number of hydrogen-bond acceptors (Lipinski definition) is 2. The van der Waals surface area contributed by atoms with Gasteiger partial charge in [-0.2, -0.15) is 0 Å². The van der Waals surface area contributed by atoms with Crippen molar-refractivity contribution in [2.45, 2.75) is 124 Å². The van der Waals surface area contributed by atoms with E-state index in [-0.39, 0.29) is 11.5 Å². The summed E-state index contributed by atoms with van der Waals surface area (Å²) in [7, 11) is 0. The van der Waals surface area contributed by atoms with Crippen molar-refractivity contribution in [3.05, 3.63) is 11.6 Å². The minimum Gasteiger partial charge on any atom is -0.393 e. The highest BCUT2D eigenvalue weighted by molar-refractivity contribution is 5.31. The van der Waals surface area contributed by atoms with Crippen LogP contribution >= 0.6 is 0 Å². The van der Waals surface area contributed by atoms with Crippen molar-refractivity contribution in [3.8, 4) is 0 Å². The van der Waals surface area contributed by atoms with Gasteiger partial charge in [-0.25, -0.2) is 0 Å². The first-order chi connectivity index (χ1) is 14.5. The van der Waals surface area contributed by atoms with Crippen LogP contribution in [0.5, 0.6) is 0 Å². The Hall–Kier alpha value is -0.340. The molecule has 0 aromatic heterocycles. The van der Waals surface area contributed by atoms with Gasteiger partial charge in [0.2, 0.25) is 0 Å². The smallest absolute Gasteiger partial charge is 0.0861 e. The van der Waals surface area contributed by atoms with Gasteiger partial charge in [-0.05, 0) is 97.7 Å². The van der Waals surface area contributed by atoms with Gasteiger partial charge in [0.1, 0.15) is 0 Å². The molecule has 0 radical (unpaired) electrons. The van der Waals surface area contributed by atoms with Crippen molar-refractivity contribution in [1.82, 2.24) is 0 Å². The zero-order chi connectivity index (χ0) is 22.6. The predicted molar refractivity (Wildman–Crippen MR) is 130 cm³/mol. The monoisotopic (exact) mass is 430 g/mol. The topological polar surface area (TPSA) is 40.5 Å². The van der Waals surface area contributed by atoms with Gasteiger partial charge in [0.25, 0.3) is 0 Å².